The topological polar surface area (TPSA) is 39.9 Å². The lowest BCUT2D eigenvalue weighted by Crippen LogP contribution is -2.15. The minimum absolute atomic E-state index is 0.334. The number of aromatic nitrogens is 3. The molecule has 0 aromatic carbocycles. The van der Waals surface area contributed by atoms with E-state index in [-0.39, 0.29) is 6.04 Å². The number of hydrogen-bond acceptors (Lipinski definition) is 3. The molecule has 0 fully saturated rings. The molecule has 3 aromatic heterocycles. The predicted molar refractivity (Wildman–Crippen MR) is 108 cm³/mol. The summed E-state index contributed by atoms with van der Waals surface area (Å²) in [4.78, 5) is 9.71. The number of ether oxygens (including phenoxy) is 1. The van der Waals surface area contributed by atoms with E-state index in [1.165, 1.54) is 0 Å². The van der Waals surface area contributed by atoms with E-state index >= 15 is 0 Å². The Bertz CT molecular complexity index is 962. The van der Waals surface area contributed by atoms with E-state index in [2.05, 4.69) is 32.0 Å². The first-order valence-corrected chi connectivity index (χ1v) is 9.39. The zero-order valence-electron chi connectivity index (χ0n) is 17.0. The van der Waals surface area contributed by atoms with Crippen LogP contribution in [0.5, 0.6) is 0 Å². The highest BCUT2D eigenvalue weighted by atomic mass is 19.1. The van der Waals surface area contributed by atoms with Crippen LogP contribution < -0.4 is 0 Å². The number of alkyl halides is 1. The van der Waals surface area contributed by atoms with Crippen LogP contribution in [0.15, 0.2) is 24.4 Å². The Morgan fingerprint density at radius 2 is 1.85 bits per heavy atom. The van der Waals surface area contributed by atoms with Crippen LogP contribution in [0.25, 0.3) is 22.3 Å². The number of fused-ring (bicyclic) bond motifs is 1. The zero-order chi connectivity index (χ0) is 19.7. The van der Waals surface area contributed by atoms with E-state index in [9.17, 15) is 4.39 Å². The van der Waals surface area contributed by atoms with Gasteiger partial charge in [-0.3, -0.25) is 4.98 Å². The highest BCUT2D eigenvalue weighted by Gasteiger charge is 2.19. The fraction of sp³-hybridized carbons (Fsp3) is 0.455. The van der Waals surface area contributed by atoms with Gasteiger partial charge in [0.05, 0.1) is 29.4 Å². The van der Waals surface area contributed by atoms with Crippen molar-refractivity contribution < 1.29 is 9.13 Å². The first-order chi connectivity index (χ1) is 12.9. The Morgan fingerprint density at radius 3 is 2.44 bits per heavy atom. The molecule has 0 spiro atoms. The lowest BCUT2D eigenvalue weighted by molar-refractivity contribution is 0.142. The van der Waals surface area contributed by atoms with Crippen LogP contribution in [-0.4, -0.2) is 34.9 Å². The second-order valence-corrected chi connectivity index (χ2v) is 7.53. The van der Waals surface area contributed by atoms with Gasteiger partial charge in [-0.15, -0.1) is 0 Å². The predicted octanol–water partition coefficient (Wildman–Crippen LogP) is 5.30. The number of halogens is 1. The third kappa shape index (κ3) is 3.61. The highest BCUT2D eigenvalue weighted by Crippen LogP contribution is 2.31. The van der Waals surface area contributed by atoms with Gasteiger partial charge in [-0.1, -0.05) is 13.8 Å². The molecule has 3 rings (SSSR count). The number of rotatable bonds is 6. The van der Waals surface area contributed by atoms with Crippen molar-refractivity contribution in [1.29, 1.82) is 0 Å². The molecule has 0 saturated heterocycles. The summed E-state index contributed by atoms with van der Waals surface area (Å²) in [6.07, 6.45) is 1.97. The van der Waals surface area contributed by atoms with Crippen molar-refractivity contribution in [2.45, 2.75) is 46.6 Å². The Balaban J connectivity index is 2.15. The summed E-state index contributed by atoms with van der Waals surface area (Å²) >= 11 is 0. The van der Waals surface area contributed by atoms with Gasteiger partial charge in [-0.05, 0) is 56.0 Å². The molecule has 0 bridgehead atoms. The summed E-state index contributed by atoms with van der Waals surface area (Å²) in [7, 11) is 1.60. The van der Waals surface area contributed by atoms with Crippen LogP contribution in [-0.2, 0) is 4.74 Å². The van der Waals surface area contributed by atoms with Gasteiger partial charge >= 0.3 is 0 Å². The van der Waals surface area contributed by atoms with E-state index in [4.69, 9.17) is 14.7 Å². The van der Waals surface area contributed by atoms with E-state index in [0.717, 1.165) is 44.8 Å². The lowest BCUT2D eigenvalue weighted by Gasteiger charge is -2.16. The Kier molecular flexibility index (Phi) is 5.61. The molecule has 3 heterocycles. The minimum Gasteiger partial charge on any atom is -0.382 e. The summed E-state index contributed by atoms with van der Waals surface area (Å²) < 4.78 is 20.7. The second-order valence-electron chi connectivity index (χ2n) is 7.53. The average molecular weight is 369 g/mol. The van der Waals surface area contributed by atoms with Gasteiger partial charge in [0, 0.05) is 30.3 Å². The van der Waals surface area contributed by atoms with Crippen LogP contribution in [0.2, 0.25) is 0 Å². The fourth-order valence-corrected chi connectivity index (χ4v) is 3.54. The smallest absolute Gasteiger partial charge is 0.112 e. The van der Waals surface area contributed by atoms with Gasteiger partial charge < -0.3 is 9.30 Å². The molecular formula is C22H28FN3O. The monoisotopic (exact) mass is 369 g/mol. The molecule has 5 heteroatoms. The standard InChI is InChI=1S/C22H28FN3O/c1-13(2)19-8-7-18(16(5)24-19)21-14(3)9-20-22(25-21)15(4)11-26(20)17(10-23)12-27-6/h7-9,11,13,17H,10,12H2,1-6H3/t17-/m0/s1. The largest absolute Gasteiger partial charge is 0.382 e. The van der Waals surface area contributed by atoms with Crippen LogP contribution in [0.3, 0.4) is 0 Å². The first-order valence-electron chi connectivity index (χ1n) is 9.39. The van der Waals surface area contributed by atoms with Crippen molar-refractivity contribution in [2.75, 3.05) is 20.4 Å². The van der Waals surface area contributed by atoms with Gasteiger partial charge in [-0.25, -0.2) is 9.37 Å². The third-order valence-corrected chi connectivity index (χ3v) is 5.06. The van der Waals surface area contributed by atoms with E-state index in [1.54, 1.807) is 7.11 Å². The zero-order valence-corrected chi connectivity index (χ0v) is 17.0. The van der Waals surface area contributed by atoms with Gasteiger partial charge in [0.1, 0.15) is 6.67 Å². The summed E-state index contributed by atoms with van der Waals surface area (Å²) in [5, 5.41) is 0. The maximum Gasteiger partial charge on any atom is 0.112 e. The maximum absolute atomic E-state index is 13.5. The number of pyridine rings is 2. The van der Waals surface area contributed by atoms with Crippen LogP contribution in [0.1, 0.15) is 48.3 Å². The quantitative estimate of drug-likeness (QED) is 0.592. The molecule has 3 aromatic rings. The normalized spacial score (nSPS) is 12.9. The van der Waals surface area contributed by atoms with E-state index in [0.29, 0.717) is 12.5 Å². The molecule has 0 unspecified atom stereocenters. The molecule has 0 N–H and O–H groups in total. The van der Waals surface area contributed by atoms with Crippen LogP contribution >= 0.6 is 0 Å². The van der Waals surface area contributed by atoms with Crippen LogP contribution in [0, 0.1) is 20.8 Å². The number of hydrogen-bond donors (Lipinski definition) is 0. The van der Waals surface area contributed by atoms with Crippen molar-refractivity contribution in [3.63, 3.8) is 0 Å². The fourth-order valence-electron chi connectivity index (χ4n) is 3.54. The molecule has 0 radical (unpaired) electrons. The third-order valence-electron chi connectivity index (χ3n) is 5.06. The molecular weight excluding hydrogens is 341 g/mol. The maximum atomic E-state index is 13.5. The number of aryl methyl sites for hydroxylation is 3. The molecule has 27 heavy (non-hydrogen) atoms. The van der Waals surface area contributed by atoms with E-state index < -0.39 is 6.67 Å². The van der Waals surface area contributed by atoms with Crippen molar-refractivity contribution in [2.24, 2.45) is 0 Å². The number of methoxy groups -OCH3 is 1. The first kappa shape index (κ1) is 19.5. The molecule has 4 nitrogen and oxygen atoms in total. The molecule has 1 atom stereocenters. The Labute approximate surface area is 160 Å². The molecule has 0 aliphatic rings. The van der Waals surface area contributed by atoms with Gasteiger partial charge in [0.25, 0.3) is 0 Å². The molecule has 0 amide bonds. The number of nitrogens with zero attached hydrogens (tertiary/aromatic N) is 3. The average Bonchev–Trinajstić information content (AvgIpc) is 2.94. The molecule has 0 aliphatic carbocycles. The summed E-state index contributed by atoms with van der Waals surface area (Å²) in [6.45, 7) is 10.2. The van der Waals surface area contributed by atoms with Crippen molar-refractivity contribution in [3.05, 3.63) is 46.9 Å². The SMILES string of the molecule is COC[C@H](CF)n1cc(C)c2nc(-c3ccc(C(C)C)nc3C)c(C)cc21. The lowest BCUT2D eigenvalue weighted by atomic mass is 10.0. The van der Waals surface area contributed by atoms with Gasteiger partial charge in [0.15, 0.2) is 0 Å². The molecule has 0 saturated carbocycles. The van der Waals surface area contributed by atoms with Gasteiger partial charge in [0.2, 0.25) is 0 Å². The van der Waals surface area contributed by atoms with Crippen molar-refractivity contribution in [3.8, 4) is 11.3 Å². The molecule has 144 valence electrons. The summed E-state index contributed by atoms with van der Waals surface area (Å²) in [6, 6.07) is 5.94. The Morgan fingerprint density at radius 1 is 1.11 bits per heavy atom. The summed E-state index contributed by atoms with van der Waals surface area (Å²) in [5.74, 6) is 0.393. The van der Waals surface area contributed by atoms with Crippen LogP contribution in [0.4, 0.5) is 4.39 Å². The van der Waals surface area contributed by atoms with E-state index in [1.807, 2.05) is 31.5 Å². The van der Waals surface area contributed by atoms with Crippen molar-refractivity contribution >= 4 is 11.0 Å². The molecule has 0 aliphatic heterocycles. The minimum atomic E-state index is -0.475. The van der Waals surface area contributed by atoms with Crippen molar-refractivity contribution in [1.82, 2.24) is 14.5 Å². The second kappa shape index (κ2) is 7.77. The Hall–Kier alpha value is -2.27. The highest BCUT2D eigenvalue weighted by molar-refractivity contribution is 5.84. The van der Waals surface area contributed by atoms with Gasteiger partial charge in [-0.2, -0.15) is 0 Å². The summed E-state index contributed by atoms with van der Waals surface area (Å²) in [5.41, 5.74) is 7.98.